The Bertz CT molecular complexity index is 714. The quantitative estimate of drug-likeness (QED) is 0.659. The molecule has 1 aromatic rings. The van der Waals surface area contributed by atoms with E-state index in [1.807, 2.05) is 12.1 Å². The summed E-state index contributed by atoms with van der Waals surface area (Å²) in [6.07, 6.45) is 7.16. The molecule has 4 aliphatic carbocycles. The standard InChI is InChI=1S/C20H27N3O3/c1-22(2)18(24)21-13-19-8-14-7-15(9-19)11-20(10-14,12-19)16-3-5-17(6-4-16)23(25)26/h3-6,14-15H,7-13H2,1-2H3,(H,21,24). The van der Waals surface area contributed by atoms with E-state index in [9.17, 15) is 14.9 Å². The maximum atomic E-state index is 12.0. The Morgan fingerprint density at radius 1 is 1.19 bits per heavy atom. The molecule has 0 aliphatic heterocycles. The van der Waals surface area contributed by atoms with Crippen LogP contribution in [-0.2, 0) is 5.41 Å². The first-order valence-electron chi connectivity index (χ1n) is 9.51. The normalized spacial score (nSPS) is 34.5. The second kappa shape index (κ2) is 5.96. The fourth-order valence-electron chi connectivity index (χ4n) is 6.35. The third kappa shape index (κ3) is 2.85. The van der Waals surface area contributed by atoms with Gasteiger partial charge in [-0.15, -0.1) is 0 Å². The van der Waals surface area contributed by atoms with Gasteiger partial charge in [0.2, 0.25) is 0 Å². The van der Waals surface area contributed by atoms with E-state index in [0.29, 0.717) is 11.8 Å². The largest absolute Gasteiger partial charge is 0.337 e. The maximum absolute atomic E-state index is 12.0. The average Bonchev–Trinajstić information content (AvgIpc) is 2.58. The lowest BCUT2D eigenvalue weighted by molar-refractivity contribution is -0.384. The van der Waals surface area contributed by atoms with E-state index in [1.165, 1.54) is 37.7 Å². The van der Waals surface area contributed by atoms with Gasteiger partial charge in [0.15, 0.2) is 0 Å². The van der Waals surface area contributed by atoms with Crippen molar-refractivity contribution < 1.29 is 9.72 Å². The molecule has 2 unspecified atom stereocenters. The fraction of sp³-hybridized carbons (Fsp3) is 0.650. The number of nitrogens with one attached hydrogen (secondary N) is 1. The minimum Gasteiger partial charge on any atom is -0.337 e. The van der Waals surface area contributed by atoms with E-state index >= 15 is 0 Å². The van der Waals surface area contributed by atoms with Gasteiger partial charge >= 0.3 is 6.03 Å². The summed E-state index contributed by atoms with van der Waals surface area (Å²) in [5.74, 6) is 1.42. The SMILES string of the molecule is CN(C)C(=O)NCC12CC3CC(C1)CC(c1ccc([N+](=O)[O-])cc1)(C3)C2. The number of carbonyl (C=O) groups excluding carboxylic acids is 1. The lowest BCUT2D eigenvalue weighted by atomic mass is 9.43. The third-order valence-corrected chi connectivity index (χ3v) is 6.89. The van der Waals surface area contributed by atoms with Crippen molar-refractivity contribution >= 4 is 11.7 Å². The summed E-state index contributed by atoms with van der Waals surface area (Å²) in [6.45, 7) is 0.742. The molecule has 0 spiro atoms. The second-order valence-electron chi connectivity index (χ2n) is 9.10. The van der Waals surface area contributed by atoms with Crippen molar-refractivity contribution in [2.75, 3.05) is 20.6 Å². The smallest absolute Gasteiger partial charge is 0.316 e. The molecule has 1 N–H and O–H groups in total. The number of amides is 2. The number of nitrogens with zero attached hydrogens (tertiary/aromatic N) is 2. The Hall–Kier alpha value is -2.11. The number of benzene rings is 1. The van der Waals surface area contributed by atoms with Gasteiger partial charge in [-0.05, 0) is 66.8 Å². The van der Waals surface area contributed by atoms with Gasteiger partial charge < -0.3 is 10.2 Å². The lowest BCUT2D eigenvalue weighted by Gasteiger charge is -2.62. The summed E-state index contributed by atoms with van der Waals surface area (Å²) in [7, 11) is 3.54. The Kier molecular flexibility index (Phi) is 3.97. The van der Waals surface area contributed by atoms with E-state index in [1.54, 1.807) is 31.1 Å². The molecule has 0 aromatic heterocycles. The van der Waals surface area contributed by atoms with Crippen LogP contribution in [0.3, 0.4) is 0 Å². The topological polar surface area (TPSA) is 75.5 Å². The number of nitro benzene ring substituents is 1. The van der Waals surface area contributed by atoms with E-state index < -0.39 is 0 Å². The molecule has 4 fully saturated rings. The van der Waals surface area contributed by atoms with Crippen LogP contribution in [0.5, 0.6) is 0 Å². The van der Waals surface area contributed by atoms with Crippen LogP contribution in [0.4, 0.5) is 10.5 Å². The summed E-state index contributed by atoms with van der Waals surface area (Å²) in [5, 5.41) is 14.1. The van der Waals surface area contributed by atoms with Crippen molar-refractivity contribution in [1.82, 2.24) is 10.2 Å². The van der Waals surface area contributed by atoms with Gasteiger partial charge in [-0.1, -0.05) is 12.1 Å². The van der Waals surface area contributed by atoms with Gasteiger partial charge in [0.05, 0.1) is 4.92 Å². The van der Waals surface area contributed by atoms with Crippen LogP contribution in [0.1, 0.15) is 44.1 Å². The summed E-state index contributed by atoms with van der Waals surface area (Å²) in [6, 6.07) is 7.21. The maximum Gasteiger partial charge on any atom is 0.316 e. The van der Waals surface area contributed by atoms with Crippen molar-refractivity contribution in [2.24, 2.45) is 17.3 Å². The predicted octanol–water partition coefficient (Wildman–Crippen LogP) is 3.70. The number of non-ortho nitro benzene ring substituents is 1. The Balaban J connectivity index is 1.59. The molecule has 2 amide bonds. The highest BCUT2D eigenvalue weighted by molar-refractivity contribution is 5.73. The molecule has 140 valence electrons. The summed E-state index contributed by atoms with van der Waals surface area (Å²) in [5.41, 5.74) is 1.71. The molecule has 4 bridgehead atoms. The van der Waals surface area contributed by atoms with Crippen molar-refractivity contribution in [1.29, 1.82) is 0 Å². The van der Waals surface area contributed by atoms with Crippen molar-refractivity contribution in [2.45, 2.75) is 43.9 Å². The number of nitro groups is 1. The number of urea groups is 1. The van der Waals surface area contributed by atoms with Crippen LogP contribution >= 0.6 is 0 Å². The van der Waals surface area contributed by atoms with Gasteiger partial charge in [0.25, 0.3) is 5.69 Å². The first-order chi connectivity index (χ1) is 12.3. The molecular formula is C20H27N3O3. The highest BCUT2D eigenvalue weighted by Gasteiger charge is 2.58. The van der Waals surface area contributed by atoms with Crippen LogP contribution in [0, 0.1) is 27.4 Å². The van der Waals surface area contributed by atoms with Gasteiger partial charge in [-0.3, -0.25) is 10.1 Å². The highest BCUT2D eigenvalue weighted by atomic mass is 16.6. The molecule has 0 heterocycles. The zero-order valence-corrected chi connectivity index (χ0v) is 15.5. The molecule has 4 aliphatic rings. The zero-order valence-electron chi connectivity index (χ0n) is 15.5. The minimum atomic E-state index is -0.332. The van der Waals surface area contributed by atoms with Crippen molar-refractivity contribution in [3.63, 3.8) is 0 Å². The van der Waals surface area contributed by atoms with Gasteiger partial charge in [-0.25, -0.2) is 4.79 Å². The second-order valence-corrected chi connectivity index (χ2v) is 9.10. The molecule has 2 atom stereocenters. The van der Waals surface area contributed by atoms with Crippen LogP contribution in [0.15, 0.2) is 24.3 Å². The molecule has 6 nitrogen and oxygen atoms in total. The molecule has 26 heavy (non-hydrogen) atoms. The summed E-state index contributed by atoms with van der Waals surface area (Å²) >= 11 is 0. The van der Waals surface area contributed by atoms with Crippen molar-refractivity contribution in [3.8, 4) is 0 Å². The van der Waals surface area contributed by atoms with Gasteiger partial charge in [-0.2, -0.15) is 0 Å². The average molecular weight is 357 g/mol. The Morgan fingerprint density at radius 2 is 1.81 bits per heavy atom. The van der Waals surface area contributed by atoms with Crippen LogP contribution in [0.2, 0.25) is 0 Å². The molecule has 0 radical (unpaired) electrons. The monoisotopic (exact) mass is 357 g/mol. The summed E-state index contributed by atoms with van der Waals surface area (Å²) in [4.78, 5) is 24.3. The van der Waals surface area contributed by atoms with E-state index in [4.69, 9.17) is 0 Å². The van der Waals surface area contributed by atoms with Crippen LogP contribution < -0.4 is 5.32 Å². The zero-order chi connectivity index (χ0) is 18.5. The van der Waals surface area contributed by atoms with E-state index in [-0.39, 0.29) is 27.5 Å². The highest BCUT2D eigenvalue weighted by Crippen LogP contribution is 2.65. The molecule has 6 heteroatoms. The molecule has 5 rings (SSSR count). The number of rotatable bonds is 4. The third-order valence-electron chi connectivity index (χ3n) is 6.89. The lowest BCUT2D eigenvalue weighted by Crippen LogP contribution is -2.57. The van der Waals surface area contributed by atoms with Crippen LogP contribution in [0.25, 0.3) is 0 Å². The molecule has 1 aromatic carbocycles. The fourth-order valence-corrected chi connectivity index (χ4v) is 6.35. The van der Waals surface area contributed by atoms with Crippen LogP contribution in [-0.4, -0.2) is 36.5 Å². The van der Waals surface area contributed by atoms with E-state index in [0.717, 1.165) is 13.0 Å². The van der Waals surface area contributed by atoms with E-state index in [2.05, 4.69) is 5.32 Å². The molecule has 4 saturated carbocycles. The number of hydrogen-bond donors (Lipinski definition) is 1. The Labute approximate surface area is 154 Å². The number of hydrogen-bond acceptors (Lipinski definition) is 3. The van der Waals surface area contributed by atoms with Crippen molar-refractivity contribution in [3.05, 3.63) is 39.9 Å². The van der Waals surface area contributed by atoms with Gasteiger partial charge in [0, 0.05) is 32.8 Å². The molecular weight excluding hydrogens is 330 g/mol. The molecule has 0 saturated heterocycles. The van der Waals surface area contributed by atoms with Gasteiger partial charge in [0.1, 0.15) is 0 Å². The predicted molar refractivity (Wildman–Crippen MR) is 99.0 cm³/mol. The summed E-state index contributed by atoms with van der Waals surface area (Å²) < 4.78 is 0. The minimum absolute atomic E-state index is 0.0230. The first kappa shape index (κ1) is 17.3. The Morgan fingerprint density at radius 3 is 2.35 bits per heavy atom. The number of carbonyl (C=O) groups is 1. The first-order valence-corrected chi connectivity index (χ1v) is 9.51.